The molecular weight excluding hydrogens is 475 g/mol. The lowest BCUT2D eigenvalue weighted by Gasteiger charge is -2.38. The first-order valence-corrected chi connectivity index (χ1v) is 12.4. The summed E-state index contributed by atoms with van der Waals surface area (Å²) in [7, 11) is 0. The molecule has 190 valence electrons. The molecule has 35 heavy (non-hydrogen) atoms. The van der Waals surface area contributed by atoms with Crippen LogP contribution >= 0.6 is 12.2 Å². The fourth-order valence-electron chi connectivity index (χ4n) is 5.16. The number of aromatic nitrogens is 2. The van der Waals surface area contributed by atoms with Gasteiger partial charge in [0.25, 0.3) is 0 Å². The van der Waals surface area contributed by atoms with E-state index in [0.29, 0.717) is 44.7 Å². The fourth-order valence-corrected chi connectivity index (χ4v) is 5.33. The van der Waals surface area contributed by atoms with Gasteiger partial charge in [-0.1, -0.05) is 44.2 Å². The highest BCUT2D eigenvalue weighted by Gasteiger charge is 2.36. The van der Waals surface area contributed by atoms with Gasteiger partial charge in [-0.15, -0.1) is 0 Å². The van der Waals surface area contributed by atoms with Crippen LogP contribution in [0.4, 0.5) is 24.9 Å². The molecule has 2 aliphatic rings. The van der Waals surface area contributed by atoms with Crippen LogP contribution in [0.5, 0.6) is 0 Å². The SMILES string of the molecule is C[C@H]1C[C@H](C)CN(c2cc(C(F)(F)F)nc(NC(=S)NCC3(c4ccccc4)CCOCC3)n2)C1. The van der Waals surface area contributed by atoms with Crippen molar-refractivity contribution in [1.82, 2.24) is 15.3 Å². The minimum Gasteiger partial charge on any atom is -0.381 e. The molecule has 0 amide bonds. The monoisotopic (exact) mass is 507 g/mol. The first-order valence-electron chi connectivity index (χ1n) is 12.0. The molecule has 2 fully saturated rings. The number of anilines is 2. The lowest BCUT2D eigenvalue weighted by molar-refractivity contribution is -0.141. The standard InChI is InChI=1S/C25H32F3N5OS/c1-17-12-18(2)15-33(14-17)21-13-20(25(26,27)28)30-22(31-21)32-23(35)29-16-24(8-10-34-11-9-24)19-6-4-3-5-7-19/h3-7,13,17-18H,8-12,14-16H2,1-2H3,(H2,29,30,31,32,35)/t17-,18-/m0/s1. The maximum absolute atomic E-state index is 13.6. The second-order valence-electron chi connectivity index (χ2n) is 9.85. The molecule has 2 aromatic rings. The van der Waals surface area contributed by atoms with Crippen LogP contribution in [-0.2, 0) is 16.3 Å². The van der Waals surface area contributed by atoms with Crippen LogP contribution in [0.25, 0.3) is 0 Å². The van der Waals surface area contributed by atoms with Gasteiger partial charge in [0, 0.05) is 44.3 Å². The molecule has 2 atom stereocenters. The number of piperidine rings is 1. The van der Waals surface area contributed by atoms with E-state index >= 15 is 0 Å². The predicted octanol–water partition coefficient (Wildman–Crippen LogP) is 5.01. The van der Waals surface area contributed by atoms with Gasteiger partial charge in [0.05, 0.1) is 0 Å². The van der Waals surface area contributed by atoms with Gasteiger partial charge in [0.2, 0.25) is 5.95 Å². The number of ether oxygens (including phenoxy) is 1. The van der Waals surface area contributed by atoms with Crippen molar-refractivity contribution < 1.29 is 17.9 Å². The predicted molar refractivity (Wildman–Crippen MR) is 135 cm³/mol. The van der Waals surface area contributed by atoms with Crippen molar-refractivity contribution in [2.24, 2.45) is 11.8 Å². The third-order valence-electron chi connectivity index (χ3n) is 6.84. The minimum atomic E-state index is -4.59. The third kappa shape index (κ3) is 6.41. The molecule has 1 aromatic heterocycles. The average molecular weight is 508 g/mol. The summed E-state index contributed by atoms with van der Waals surface area (Å²) in [5.41, 5.74) is 0.0268. The van der Waals surface area contributed by atoms with E-state index in [9.17, 15) is 13.2 Å². The van der Waals surface area contributed by atoms with Gasteiger partial charge in [-0.2, -0.15) is 18.2 Å². The number of nitrogens with zero attached hydrogens (tertiary/aromatic N) is 3. The van der Waals surface area contributed by atoms with Crippen LogP contribution < -0.4 is 15.5 Å². The van der Waals surface area contributed by atoms with Crippen molar-refractivity contribution in [2.45, 2.75) is 44.7 Å². The molecular formula is C25H32F3N5OS. The Bertz CT molecular complexity index is 1000. The summed E-state index contributed by atoms with van der Waals surface area (Å²) in [6.45, 7) is 7.33. The Hall–Kier alpha value is -2.46. The Morgan fingerprint density at radius 3 is 2.40 bits per heavy atom. The van der Waals surface area contributed by atoms with Gasteiger partial charge in [0.1, 0.15) is 5.82 Å². The van der Waals surface area contributed by atoms with Gasteiger partial charge < -0.3 is 20.3 Å². The first kappa shape index (κ1) is 25.6. The van der Waals surface area contributed by atoms with Gasteiger partial charge >= 0.3 is 6.18 Å². The molecule has 2 N–H and O–H groups in total. The second kappa shape index (κ2) is 10.7. The zero-order valence-electron chi connectivity index (χ0n) is 20.1. The zero-order valence-corrected chi connectivity index (χ0v) is 20.9. The van der Waals surface area contributed by atoms with Crippen molar-refractivity contribution >= 4 is 29.1 Å². The highest BCUT2D eigenvalue weighted by molar-refractivity contribution is 7.80. The molecule has 6 nitrogen and oxygen atoms in total. The van der Waals surface area contributed by atoms with E-state index in [-0.39, 0.29) is 22.3 Å². The first-order chi connectivity index (χ1) is 16.6. The molecule has 10 heteroatoms. The van der Waals surface area contributed by atoms with Crippen molar-refractivity contribution in [1.29, 1.82) is 0 Å². The van der Waals surface area contributed by atoms with Gasteiger partial charge in [-0.3, -0.25) is 0 Å². The van der Waals surface area contributed by atoms with E-state index in [4.69, 9.17) is 17.0 Å². The van der Waals surface area contributed by atoms with Gasteiger partial charge in [0.15, 0.2) is 10.8 Å². The van der Waals surface area contributed by atoms with Gasteiger partial charge in [-0.25, -0.2) is 4.98 Å². The molecule has 3 heterocycles. The lowest BCUT2D eigenvalue weighted by atomic mass is 9.74. The smallest absolute Gasteiger partial charge is 0.381 e. The summed E-state index contributed by atoms with van der Waals surface area (Å²) in [5, 5.41) is 6.20. The Kier molecular flexibility index (Phi) is 7.80. The molecule has 0 spiro atoms. The van der Waals surface area contributed by atoms with Gasteiger partial charge in [-0.05, 0) is 48.9 Å². The zero-order chi connectivity index (χ0) is 25.1. The number of rotatable bonds is 5. The van der Waals surface area contributed by atoms with Crippen molar-refractivity contribution in [3.8, 4) is 0 Å². The highest BCUT2D eigenvalue weighted by atomic mass is 32.1. The highest BCUT2D eigenvalue weighted by Crippen LogP contribution is 2.35. The number of halogens is 3. The van der Waals surface area contributed by atoms with Crippen molar-refractivity contribution in [3.05, 3.63) is 47.7 Å². The molecule has 0 unspecified atom stereocenters. The molecule has 1 aromatic carbocycles. The summed E-state index contributed by atoms with van der Waals surface area (Å²) in [6, 6.07) is 11.2. The van der Waals surface area contributed by atoms with E-state index in [1.165, 1.54) is 5.56 Å². The number of nitrogens with one attached hydrogen (secondary N) is 2. The second-order valence-corrected chi connectivity index (χ2v) is 10.3. The Morgan fingerprint density at radius 1 is 1.11 bits per heavy atom. The van der Waals surface area contributed by atoms with Crippen LogP contribution in [-0.4, -0.2) is 47.9 Å². The quantitative estimate of drug-likeness (QED) is 0.552. The molecule has 0 bridgehead atoms. The summed E-state index contributed by atoms with van der Waals surface area (Å²) in [5.74, 6) is 0.854. The van der Waals surface area contributed by atoms with Crippen LogP contribution in [0.2, 0.25) is 0 Å². The summed E-state index contributed by atoms with van der Waals surface area (Å²) >= 11 is 5.45. The van der Waals surface area contributed by atoms with Crippen molar-refractivity contribution in [3.63, 3.8) is 0 Å². The fraction of sp³-hybridized carbons (Fsp3) is 0.560. The number of thiocarbonyl (C=S) groups is 1. The van der Waals surface area contributed by atoms with E-state index < -0.39 is 11.9 Å². The summed E-state index contributed by atoms with van der Waals surface area (Å²) in [6.07, 6.45) is -1.90. The van der Waals surface area contributed by atoms with E-state index in [1.54, 1.807) is 0 Å². The molecule has 2 saturated heterocycles. The molecule has 4 rings (SSSR count). The third-order valence-corrected chi connectivity index (χ3v) is 7.09. The topological polar surface area (TPSA) is 62.3 Å². The van der Waals surface area contributed by atoms with E-state index in [2.05, 4.69) is 46.6 Å². The number of benzene rings is 1. The van der Waals surface area contributed by atoms with E-state index in [1.807, 2.05) is 23.1 Å². The number of hydrogen-bond acceptors (Lipinski definition) is 5. The van der Waals surface area contributed by atoms with E-state index in [0.717, 1.165) is 25.3 Å². The maximum atomic E-state index is 13.6. The van der Waals surface area contributed by atoms with Crippen LogP contribution in [0.15, 0.2) is 36.4 Å². The van der Waals surface area contributed by atoms with Crippen LogP contribution in [0.3, 0.4) is 0 Å². The Labute approximate surface area is 209 Å². The summed E-state index contributed by atoms with van der Waals surface area (Å²) in [4.78, 5) is 10.0. The Morgan fingerprint density at radius 2 is 1.77 bits per heavy atom. The molecule has 0 radical (unpaired) electrons. The number of alkyl halides is 3. The largest absolute Gasteiger partial charge is 0.433 e. The van der Waals surface area contributed by atoms with Crippen LogP contribution in [0, 0.1) is 11.8 Å². The molecule has 2 aliphatic heterocycles. The Balaban J connectivity index is 1.51. The average Bonchev–Trinajstić information content (AvgIpc) is 2.82. The maximum Gasteiger partial charge on any atom is 0.433 e. The van der Waals surface area contributed by atoms with Crippen molar-refractivity contribution in [2.75, 3.05) is 43.1 Å². The summed E-state index contributed by atoms with van der Waals surface area (Å²) < 4.78 is 46.5. The van der Waals surface area contributed by atoms with Crippen LogP contribution in [0.1, 0.15) is 44.4 Å². The molecule has 0 saturated carbocycles. The minimum absolute atomic E-state index is 0.154. The normalized spacial score (nSPS) is 22.5. The number of hydrogen-bond donors (Lipinski definition) is 2. The molecule has 0 aliphatic carbocycles. The lowest BCUT2D eigenvalue weighted by Crippen LogP contribution is -2.45.